The van der Waals surface area contributed by atoms with Gasteiger partial charge in [0.15, 0.2) is 0 Å². The molecule has 0 rings (SSSR count). The number of aldehydes is 1. The van der Waals surface area contributed by atoms with Crippen LogP contribution in [-0.4, -0.2) is 6.29 Å². The summed E-state index contributed by atoms with van der Waals surface area (Å²) < 4.78 is 0. The van der Waals surface area contributed by atoms with E-state index >= 15 is 0 Å². The number of allylic oxidation sites excluding steroid dienone is 4. The van der Waals surface area contributed by atoms with Crippen molar-refractivity contribution in [2.75, 3.05) is 0 Å². The lowest BCUT2D eigenvalue weighted by atomic mass is 10.5. The van der Waals surface area contributed by atoms with Gasteiger partial charge in [0.25, 0.3) is 0 Å². The van der Waals surface area contributed by atoms with Crippen LogP contribution in [0.4, 0.5) is 0 Å². The largest absolute Gasteiger partial charge is 0.299 e. The third-order valence-electron chi connectivity index (χ3n) is 0.493. The van der Waals surface area contributed by atoms with Crippen LogP contribution in [0.25, 0.3) is 0 Å². The zero-order chi connectivity index (χ0) is 5.54. The van der Waals surface area contributed by atoms with Crippen molar-refractivity contribution in [2.45, 2.75) is 6.92 Å². The number of rotatable bonds is 2. The summed E-state index contributed by atoms with van der Waals surface area (Å²) in [5, 5.41) is 0. The van der Waals surface area contributed by atoms with E-state index in [4.69, 9.17) is 0 Å². The zero-order valence-electron chi connectivity index (χ0n) is 4.29. The normalized spacial score (nSPS) is 11.0. The van der Waals surface area contributed by atoms with Crippen LogP contribution < -0.4 is 0 Å². The predicted octanol–water partition coefficient (Wildman–Crippen LogP) is 1.32. The Bertz CT molecular complexity index is 90.4. The number of carbonyl (C=O) groups excluding carboxylic acids is 1. The first-order valence-corrected chi connectivity index (χ1v) is 2.15. The number of hydrogen-bond acceptors (Lipinski definition) is 1. The molecule has 0 spiro atoms. The highest BCUT2D eigenvalue weighted by Crippen LogP contribution is 1.70. The monoisotopic (exact) mass is 96.1 g/mol. The lowest BCUT2D eigenvalue weighted by Crippen LogP contribution is -1.53. The van der Waals surface area contributed by atoms with Crippen LogP contribution >= 0.6 is 0 Å². The third kappa shape index (κ3) is 5.15. The molecule has 0 bridgehead atoms. The van der Waals surface area contributed by atoms with E-state index < -0.39 is 0 Å². The van der Waals surface area contributed by atoms with Crippen molar-refractivity contribution in [3.05, 3.63) is 24.3 Å². The number of carbonyl (C=O) groups is 1. The summed E-state index contributed by atoms with van der Waals surface area (Å²) in [5.74, 6) is 0. The molecule has 0 saturated heterocycles. The first-order valence-electron chi connectivity index (χ1n) is 2.15. The molecule has 0 aromatic rings. The highest BCUT2D eigenvalue weighted by molar-refractivity contribution is 5.65. The Balaban J connectivity index is 3.27. The fourth-order valence-electron chi connectivity index (χ4n) is 0.221. The van der Waals surface area contributed by atoms with Crippen molar-refractivity contribution in [2.24, 2.45) is 0 Å². The Morgan fingerprint density at radius 1 is 1.14 bits per heavy atom. The lowest BCUT2D eigenvalue weighted by Gasteiger charge is -1.62. The summed E-state index contributed by atoms with van der Waals surface area (Å²) in [5.41, 5.74) is 0. The Kier molecular flexibility index (Phi) is 4.52. The Morgan fingerprint density at radius 3 is 2.29 bits per heavy atom. The van der Waals surface area contributed by atoms with Crippen LogP contribution in [0, 0.1) is 0 Å². The molecule has 0 radical (unpaired) electrons. The van der Waals surface area contributed by atoms with Gasteiger partial charge in [-0.1, -0.05) is 18.2 Å². The SMILES string of the molecule is C/C=C\C=CC=O. The molecule has 0 N–H and O–H groups in total. The second kappa shape index (κ2) is 5.15. The van der Waals surface area contributed by atoms with Crippen LogP contribution in [0.15, 0.2) is 24.3 Å². The van der Waals surface area contributed by atoms with E-state index in [-0.39, 0.29) is 0 Å². The van der Waals surface area contributed by atoms with Crippen molar-refractivity contribution in [1.29, 1.82) is 0 Å². The molecule has 1 heteroatoms. The topological polar surface area (TPSA) is 17.1 Å². The van der Waals surface area contributed by atoms with Crippen LogP contribution in [0.3, 0.4) is 0 Å². The summed E-state index contributed by atoms with van der Waals surface area (Å²) in [6.07, 6.45) is 7.54. The summed E-state index contributed by atoms with van der Waals surface area (Å²) >= 11 is 0. The molecule has 0 aliphatic heterocycles. The smallest absolute Gasteiger partial charge is 0.142 e. The molecule has 38 valence electrons. The van der Waals surface area contributed by atoms with Gasteiger partial charge in [0.1, 0.15) is 6.29 Å². The van der Waals surface area contributed by atoms with E-state index in [1.165, 1.54) is 6.08 Å². The van der Waals surface area contributed by atoms with Gasteiger partial charge < -0.3 is 0 Å². The van der Waals surface area contributed by atoms with Gasteiger partial charge in [0.2, 0.25) is 0 Å². The minimum absolute atomic E-state index is 0.750. The summed E-state index contributed by atoms with van der Waals surface area (Å²) in [6, 6.07) is 0. The maximum atomic E-state index is 9.56. The van der Waals surface area contributed by atoms with Crippen molar-refractivity contribution < 1.29 is 4.79 Å². The molecule has 0 amide bonds. The fourth-order valence-corrected chi connectivity index (χ4v) is 0.221. The molecule has 7 heavy (non-hydrogen) atoms. The average molecular weight is 96.1 g/mol. The molecule has 0 aliphatic rings. The molecule has 0 atom stereocenters. The first-order chi connectivity index (χ1) is 3.41. The van der Waals surface area contributed by atoms with Gasteiger partial charge in [0.05, 0.1) is 0 Å². The molecule has 1 nitrogen and oxygen atoms in total. The zero-order valence-corrected chi connectivity index (χ0v) is 4.29. The van der Waals surface area contributed by atoms with E-state index in [9.17, 15) is 4.79 Å². The third-order valence-corrected chi connectivity index (χ3v) is 0.493. The second-order valence-corrected chi connectivity index (χ2v) is 1.05. The molecule has 0 aliphatic carbocycles. The quantitative estimate of drug-likeness (QED) is 0.288. The Labute approximate surface area is 43.3 Å². The highest BCUT2D eigenvalue weighted by atomic mass is 16.1. The molecular formula is C6H8O. The van der Waals surface area contributed by atoms with E-state index in [1.807, 2.05) is 13.0 Å². The van der Waals surface area contributed by atoms with Crippen molar-refractivity contribution in [3.63, 3.8) is 0 Å². The van der Waals surface area contributed by atoms with Gasteiger partial charge in [-0.25, -0.2) is 0 Å². The van der Waals surface area contributed by atoms with E-state index in [2.05, 4.69) is 0 Å². The molecule has 0 unspecified atom stereocenters. The van der Waals surface area contributed by atoms with Crippen LogP contribution in [0.1, 0.15) is 6.92 Å². The van der Waals surface area contributed by atoms with Crippen molar-refractivity contribution >= 4 is 6.29 Å². The minimum Gasteiger partial charge on any atom is -0.299 e. The van der Waals surface area contributed by atoms with Crippen LogP contribution in [0.2, 0.25) is 0 Å². The fraction of sp³-hybridized carbons (Fsp3) is 0.167. The second-order valence-electron chi connectivity index (χ2n) is 1.05. The van der Waals surface area contributed by atoms with Crippen LogP contribution in [0.5, 0.6) is 0 Å². The standard InChI is InChI=1S/C6H8O/c1-2-3-4-5-6-7/h2-6H,1H3/b3-2-,5-4?. The predicted molar refractivity (Wildman–Crippen MR) is 30.0 cm³/mol. The molecule has 0 heterocycles. The molecule has 0 aromatic heterocycles. The minimum atomic E-state index is 0.750. The maximum Gasteiger partial charge on any atom is 0.142 e. The van der Waals surface area contributed by atoms with Gasteiger partial charge in [-0.15, -0.1) is 0 Å². The van der Waals surface area contributed by atoms with Gasteiger partial charge in [-0.05, 0) is 13.0 Å². The van der Waals surface area contributed by atoms with E-state index in [1.54, 1.807) is 12.2 Å². The van der Waals surface area contributed by atoms with Crippen LogP contribution in [-0.2, 0) is 4.79 Å². The molecular weight excluding hydrogens is 88.1 g/mol. The number of hydrogen-bond donors (Lipinski definition) is 0. The van der Waals surface area contributed by atoms with Crippen molar-refractivity contribution in [1.82, 2.24) is 0 Å². The summed E-state index contributed by atoms with van der Waals surface area (Å²) in [6.45, 7) is 1.90. The van der Waals surface area contributed by atoms with Gasteiger partial charge in [-0.3, -0.25) is 4.79 Å². The average Bonchev–Trinajstić information content (AvgIpc) is 1.69. The summed E-state index contributed by atoms with van der Waals surface area (Å²) in [7, 11) is 0. The van der Waals surface area contributed by atoms with E-state index in [0.29, 0.717) is 0 Å². The van der Waals surface area contributed by atoms with E-state index in [0.717, 1.165) is 6.29 Å². The lowest BCUT2D eigenvalue weighted by molar-refractivity contribution is -0.104. The maximum absolute atomic E-state index is 9.56. The molecule has 0 aromatic carbocycles. The highest BCUT2D eigenvalue weighted by Gasteiger charge is 1.55. The van der Waals surface area contributed by atoms with Gasteiger partial charge in [-0.2, -0.15) is 0 Å². The molecule has 0 saturated carbocycles. The molecule has 0 fully saturated rings. The van der Waals surface area contributed by atoms with Crippen molar-refractivity contribution in [3.8, 4) is 0 Å². The Morgan fingerprint density at radius 2 is 1.86 bits per heavy atom. The first kappa shape index (κ1) is 6.15. The van der Waals surface area contributed by atoms with Gasteiger partial charge >= 0.3 is 0 Å². The van der Waals surface area contributed by atoms with Gasteiger partial charge in [0, 0.05) is 0 Å². The Hall–Kier alpha value is -0.850. The summed E-state index contributed by atoms with van der Waals surface area (Å²) in [4.78, 5) is 9.56.